The summed E-state index contributed by atoms with van der Waals surface area (Å²) in [5, 5.41) is 5.95. The third kappa shape index (κ3) is 12.6. The first-order valence-corrected chi connectivity index (χ1v) is 19.5. The van der Waals surface area contributed by atoms with Crippen LogP contribution >= 0.6 is 11.6 Å². The van der Waals surface area contributed by atoms with Gasteiger partial charge in [-0.25, -0.2) is 4.79 Å². The fourth-order valence-corrected chi connectivity index (χ4v) is 6.80. The highest BCUT2D eigenvalue weighted by Gasteiger charge is 2.48. The average Bonchev–Trinajstić information content (AvgIpc) is 3.89. The summed E-state index contributed by atoms with van der Waals surface area (Å²) in [5.74, 6) is -2.07. The lowest BCUT2D eigenvalue weighted by Gasteiger charge is -2.29. The van der Waals surface area contributed by atoms with E-state index in [9.17, 15) is 19.2 Å². The van der Waals surface area contributed by atoms with Crippen molar-refractivity contribution >= 4 is 35.4 Å². The molecule has 2 heterocycles. The first kappa shape index (κ1) is 42.8. The van der Waals surface area contributed by atoms with Gasteiger partial charge in [0.2, 0.25) is 11.8 Å². The molecule has 2 aromatic carbocycles. The van der Waals surface area contributed by atoms with Crippen molar-refractivity contribution in [2.24, 2.45) is 22.7 Å². The lowest BCUT2D eigenvalue weighted by molar-refractivity contribution is -0.179. The molecule has 1 fully saturated rings. The summed E-state index contributed by atoms with van der Waals surface area (Å²) in [4.78, 5) is 54.1. The monoisotopic (exact) mass is 766 g/mol. The minimum atomic E-state index is -1.20. The van der Waals surface area contributed by atoms with Crippen molar-refractivity contribution in [1.29, 1.82) is 0 Å². The Kier molecular flexibility index (Phi) is 14.8. The zero-order valence-electron chi connectivity index (χ0n) is 33.3. The number of nitrogens with one attached hydrogen (secondary N) is 2. The SMILES string of the molecule is COc1ccc(C[C@H]2NC(=O)/C=C/C[C@@H]([C@H](C)[C@H]3O[C@@H]3c3ccc(CCCC(C)(C)C)cc3)OC(=O)[C@H](CC(C)C)OC(=O)C(C)(C)CNC2=O)cc1Cl. The minimum absolute atomic E-state index is 0.0167. The Morgan fingerprint density at radius 3 is 2.30 bits per heavy atom. The van der Waals surface area contributed by atoms with Crippen molar-refractivity contribution in [1.82, 2.24) is 10.6 Å². The van der Waals surface area contributed by atoms with Crippen LogP contribution in [0, 0.1) is 22.7 Å². The standard InChI is InChI=1S/C43H59ClN2O8/c1-26(2)22-35-40(49)52-33(27(3)37-38(54-37)30-18-15-28(16-19-30)12-11-21-42(4,5)6)13-10-14-36(47)46-32(24-29-17-20-34(51-9)31(44)23-29)39(48)45-25-43(7,8)41(50)53-35/h10,14-20,23,26-27,32-33,35,37-38H,11-13,21-22,24-25H2,1-9H3,(H,45,48)(H,46,47)/b14-10+/t27-,32+,33-,35-,37+,38+/m0/s1. The number of amides is 2. The van der Waals surface area contributed by atoms with Gasteiger partial charge in [0.15, 0.2) is 6.10 Å². The first-order valence-electron chi connectivity index (χ1n) is 19.1. The van der Waals surface area contributed by atoms with Gasteiger partial charge in [-0.3, -0.25) is 14.4 Å². The Bertz CT molecular complexity index is 1650. The molecule has 2 aliphatic rings. The van der Waals surface area contributed by atoms with E-state index in [4.69, 9.17) is 30.5 Å². The zero-order chi connectivity index (χ0) is 39.8. The Morgan fingerprint density at radius 2 is 1.67 bits per heavy atom. The average molecular weight is 767 g/mol. The molecule has 2 N–H and O–H groups in total. The van der Waals surface area contributed by atoms with Gasteiger partial charge in [-0.2, -0.15) is 0 Å². The van der Waals surface area contributed by atoms with E-state index in [2.05, 4.69) is 55.7 Å². The molecule has 4 rings (SSSR count). The molecule has 1 saturated heterocycles. The molecule has 2 amide bonds. The normalized spacial score (nSPS) is 25.2. The van der Waals surface area contributed by atoms with Crippen molar-refractivity contribution in [2.45, 2.75) is 124 Å². The Hall–Kier alpha value is -3.89. The molecule has 11 heteroatoms. The zero-order valence-corrected chi connectivity index (χ0v) is 34.1. The van der Waals surface area contributed by atoms with Crippen LogP contribution in [0.15, 0.2) is 54.6 Å². The first-order chi connectivity index (χ1) is 25.4. The van der Waals surface area contributed by atoms with Gasteiger partial charge in [-0.15, -0.1) is 0 Å². The van der Waals surface area contributed by atoms with Crippen LogP contribution in [-0.2, 0) is 46.2 Å². The number of halogens is 1. The molecule has 0 aromatic heterocycles. The predicted octanol–water partition coefficient (Wildman–Crippen LogP) is 7.49. The van der Waals surface area contributed by atoms with Gasteiger partial charge in [0.1, 0.15) is 24.0 Å². The summed E-state index contributed by atoms with van der Waals surface area (Å²) in [6, 6.07) is 12.7. The Balaban J connectivity index is 1.56. The van der Waals surface area contributed by atoms with E-state index in [1.54, 1.807) is 38.1 Å². The molecule has 0 unspecified atom stereocenters. The van der Waals surface area contributed by atoms with E-state index in [0.717, 1.165) is 24.8 Å². The smallest absolute Gasteiger partial charge is 0.347 e. The summed E-state index contributed by atoms with van der Waals surface area (Å²) >= 11 is 6.35. The largest absolute Gasteiger partial charge is 0.495 e. The van der Waals surface area contributed by atoms with Crippen molar-refractivity contribution in [3.8, 4) is 5.75 Å². The van der Waals surface area contributed by atoms with E-state index in [1.807, 2.05) is 20.8 Å². The number of esters is 2. The molecular weight excluding hydrogens is 708 g/mol. The summed E-state index contributed by atoms with van der Waals surface area (Å²) in [6.07, 6.45) is 4.61. The van der Waals surface area contributed by atoms with Crippen LogP contribution < -0.4 is 15.4 Å². The number of epoxide rings is 1. The molecule has 0 bridgehead atoms. The third-order valence-corrected chi connectivity index (χ3v) is 10.3. The van der Waals surface area contributed by atoms with Crippen LogP contribution in [0.4, 0.5) is 0 Å². The van der Waals surface area contributed by atoms with Crippen molar-refractivity contribution in [3.05, 3.63) is 76.3 Å². The number of carbonyl (C=O) groups excluding carboxylic acids is 4. The van der Waals surface area contributed by atoms with E-state index >= 15 is 0 Å². The topological polar surface area (TPSA) is 133 Å². The van der Waals surface area contributed by atoms with E-state index in [1.165, 1.54) is 18.7 Å². The number of hydrogen-bond donors (Lipinski definition) is 2. The van der Waals surface area contributed by atoms with Crippen LogP contribution in [0.2, 0.25) is 5.02 Å². The Labute approximate surface area is 326 Å². The maximum Gasteiger partial charge on any atom is 0.347 e. The molecule has 0 spiro atoms. The fourth-order valence-electron chi connectivity index (χ4n) is 6.52. The molecule has 0 radical (unpaired) electrons. The number of aryl methyl sites for hydroxylation is 1. The van der Waals surface area contributed by atoms with Gasteiger partial charge in [0.05, 0.1) is 23.7 Å². The number of cyclic esters (lactones) is 2. The second-order valence-corrected chi connectivity index (χ2v) is 17.4. The predicted molar refractivity (Wildman–Crippen MR) is 209 cm³/mol. The third-order valence-electron chi connectivity index (χ3n) is 9.98. The lowest BCUT2D eigenvalue weighted by Crippen LogP contribution is -2.51. The minimum Gasteiger partial charge on any atom is -0.495 e. The van der Waals surface area contributed by atoms with Gasteiger partial charge >= 0.3 is 11.9 Å². The summed E-state index contributed by atoms with van der Waals surface area (Å²) in [7, 11) is 1.51. The molecule has 0 aliphatic carbocycles. The molecule has 10 nitrogen and oxygen atoms in total. The fraction of sp³-hybridized carbons (Fsp3) is 0.581. The molecule has 296 valence electrons. The number of methoxy groups -OCH3 is 1. The van der Waals surface area contributed by atoms with E-state index in [0.29, 0.717) is 21.8 Å². The summed E-state index contributed by atoms with van der Waals surface area (Å²) < 4.78 is 23.4. The van der Waals surface area contributed by atoms with E-state index in [-0.39, 0.29) is 49.9 Å². The van der Waals surface area contributed by atoms with Gasteiger partial charge in [-0.05, 0) is 85.8 Å². The van der Waals surface area contributed by atoms with Crippen LogP contribution in [0.3, 0.4) is 0 Å². The molecular formula is C43H59ClN2O8. The number of hydrogen-bond acceptors (Lipinski definition) is 8. The number of benzene rings is 2. The summed E-state index contributed by atoms with van der Waals surface area (Å²) in [5.41, 5.74) is 2.13. The van der Waals surface area contributed by atoms with Crippen molar-refractivity contribution in [2.75, 3.05) is 13.7 Å². The van der Waals surface area contributed by atoms with Crippen LogP contribution in [0.5, 0.6) is 5.75 Å². The van der Waals surface area contributed by atoms with Crippen LogP contribution in [-0.4, -0.2) is 61.8 Å². The highest BCUT2D eigenvalue weighted by Crippen LogP contribution is 2.45. The molecule has 2 aliphatic heterocycles. The van der Waals surface area contributed by atoms with Crippen molar-refractivity contribution < 1.29 is 38.1 Å². The molecule has 54 heavy (non-hydrogen) atoms. The van der Waals surface area contributed by atoms with E-state index < -0.39 is 47.4 Å². The highest BCUT2D eigenvalue weighted by atomic mass is 35.5. The van der Waals surface area contributed by atoms with Crippen LogP contribution in [0.1, 0.15) is 104 Å². The highest BCUT2D eigenvalue weighted by molar-refractivity contribution is 6.32. The van der Waals surface area contributed by atoms with Crippen molar-refractivity contribution in [3.63, 3.8) is 0 Å². The molecule has 0 saturated carbocycles. The van der Waals surface area contributed by atoms with Gasteiger partial charge in [0, 0.05) is 25.3 Å². The maximum absolute atomic E-state index is 13.8. The van der Waals surface area contributed by atoms with Gasteiger partial charge in [0.25, 0.3) is 0 Å². The quantitative estimate of drug-likeness (QED) is 0.178. The number of carbonyl (C=O) groups is 4. The number of ether oxygens (including phenoxy) is 4. The lowest BCUT2D eigenvalue weighted by atomic mass is 9.89. The second-order valence-electron chi connectivity index (χ2n) is 17.0. The Morgan fingerprint density at radius 1 is 0.981 bits per heavy atom. The van der Waals surface area contributed by atoms with Gasteiger partial charge in [-0.1, -0.05) is 89.6 Å². The maximum atomic E-state index is 13.8. The van der Waals surface area contributed by atoms with Gasteiger partial charge < -0.3 is 29.6 Å². The number of rotatable bonds is 11. The summed E-state index contributed by atoms with van der Waals surface area (Å²) in [6.45, 7) is 15.8. The van der Waals surface area contributed by atoms with Crippen LogP contribution in [0.25, 0.3) is 0 Å². The molecule has 2 aromatic rings. The molecule has 6 atom stereocenters. The second kappa shape index (κ2) is 18.6.